The molecule has 0 spiro atoms. The van der Waals surface area contributed by atoms with Crippen molar-refractivity contribution in [2.45, 2.75) is 6.92 Å². The van der Waals surface area contributed by atoms with Gasteiger partial charge in [-0.15, -0.1) is 0 Å². The minimum absolute atomic E-state index is 0.644. The predicted molar refractivity (Wildman–Crippen MR) is 51.1 cm³/mol. The van der Waals surface area contributed by atoms with Crippen molar-refractivity contribution in [3.8, 4) is 11.3 Å². The molecule has 3 heteroatoms. The van der Waals surface area contributed by atoms with Gasteiger partial charge in [0, 0.05) is 23.5 Å². The summed E-state index contributed by atoms with van der Waals surface area (Å²) in [6, 6.07) is 5.60. The summed E-state index contributed by atoms with van der Waals surface area (Å²) < 4.78 is 5.23. The van der Waals surface area contributed by atoms with Gasteiger partial charge in [-0.3, -0.25) is 4.98 Å². The summed E-state index contributed by atoms with van der Waals surface area (Å²) in [6.45, 7) is 1.94. The third-order valence-electron chi connectivity index (χ3n) is 1.87. The van der Waals surface area contributed by atoms with E-state index in [4.69, 9.17) is 10.2 Å². The lowest BCUT2D eigenvalue weighted by Gasteiger charge is -1.98. The third kappa shape index (κ3) is 1.40. The molecule has 0 fully saturated rings. The molecule has 0 amide bonds. The molecule has 2 aromatic heterocycles. The maximum absolute atomic E-state index is 5.69. The average Bonchev–Trinajstić information content (AvgIpc) is 2.53. The first-order valence-corrected chi connectivity index (χ1v) is 4.03. The summed E-state index contributed by atoms with van der Waals surface area (Å²) in [5.41, 5.74) is 8.22. The summed E-state index contributed by atoms with van der Waals surface area (Å²) in [6.07, 6.45) is 3.33. The van der Waals surface area contributed by atoms with E-state index in [9.17, 15) is 0 Å². The molecule has 0 aliphatic carbocycles. The molecule has 0 saturated carbocycles. The predicted octanol–water partition coefficient (Wildman–Crippen LogP) is 2.23. The number of nitrogens with zero attached hydrogens (tertiary/aromatic N) is 1. The van der Waals surface area contributed by atoms with Gasteiger partial charge in [0.05, 0.1) is 12.0 Å². The molecule has 2 aromatic rings. The lowest BCUT2D eigenvalue weighted by molar-refractivity contribution is 0.583. The number of furan rings is 1. The van der Waals surface area contributed by atoms with Crippen LogP contribution in [0.3, 0.4) is 0 Å². The van der Waals surface area contributed by atoms with E-state index in [0.717, 1.165) is 11.3 Å². The summed E-state index contributed by atoms with van der Waals surface area (Å²) >= 11 is 0. The van der Waals surface area contributed by atoms with E-state index in [1.54, 1.807) is 18.5 Å². The second-order valence-corrected chi connectivity index (χ2v) is 2.89. The average molecular weight is 174 g/mol. The van der Waals surface area contributed by atoms with Gasteiger partial charge >= 0.3 is 0 Å². The highest BCUT2D eigenvalue weighted by Gasteiger charge is 2.05. The Bertz CT molecular complexity index is 403. The molecule has 2 N–H and O–H groups in total. The number of nitrogen functional groups attached to an aromatic ring is 1. The zero-order chi connectivity index (χ0) is 9.26. The Kier molecular flexibility index (Phi) is 1.77. The summed E-state index contributed by atoms with van der Waals surface area (Å²) in [5.74, 6) is 0.688. The van der Waals surface area contributed by atoms with Gasteiger partial charge in [-0.05, 0) is 19.1 Å². The highest BCUT2D eigenvalue weighted by molar-refractivity contribution is 5.69. The Morgan fingerprint density at radius 3 is 2.69 bits per heavy atom. The van der Waals surface area contributed by atoms with Crippen LogP contribution in [-0.4, -0.2) is 4.98 Å². The molecule has 0 radical (unpaired) electrons. The Morgan fingerprint density at radius 2 is 2.15 bits per heavy atom. The molecular formula is C10H10N2O. The Morgan fingerprint density at radius 1 is 1.31 bits per heavy atom. The highest BCUT2D eigenvalue weighted by atomic mass is 16.3. The van der Waals surface area contributed by atoms with Crippen molar-refractivity contribution < 1.29 is 4.42 Å². The minimum Gasteiger partial charge on any atom is -0.462 e. The molecular weight excluding hydrogens is 164 g/mol. The number of anilines is 1. The molecule has 66 valence electrons. The van der Waals surface area contributed by atoms with Crippen molar-refractivity contribution in [1.29, 1.82) is 0 Å². The maximum atomic E-state index is 5.69. The van der Waals surface area contributed by atoms with Crippen molar-refractivity contribution in [2.24, 2.45) is 0 Å². The van der Waals surface area contributed by atoms with Gasteiger partial charge in [-0.1, -0.05) is 0 Å². The highest BCUT2D eigenvalue weighted by Crippen LogP contribution is 2.25. The first kappa shape index (κ1) is 7.86. The molecule has 2 rings (SSSR count). The van der Waals surface area contributed by atoms with Gasteiger partial charge in [0.1, 0.15) is 0 Å². The van der Waals surface area contributed by atoms with E-state index in [2.05, 4.69) is 4.98 Å². The number of hydrogen-bond donors (Lipinski definition) is 1. The first-order valence-electron chi connectivity index (χ1n) is 4.03. The fourth-order valence-electron chi connectivity index (χ4n) is 1.16. The molecule has 0 bridgehead atoms. The largest absolute Gasteiger partial charge is 0.462 e. The number of pyridine rings is 1. The van der Waals surface area contributed by atoms with Crippen LogP contribution < -0.4 is 5.73 Å². The maximum Gasteiger partial charge on any atom is 0.158 e. The molecule has 0 aliphatic rings. The van der Waals surface area contributed by atoms with Crippen molar-refractivity contribution in [3.63, 3.8) is 0 Å². The van der Waals surface area contributed by atoms with E-state index in [-0.39, 0.29) is 0 Å². The number of nitrogens with two attached hydrogens (primary N) is 1. The summed E-state index contributed by atoms with van der Waals surface area (Å²) in [5, 5.41) is 0. The molecule has 0 unspecified atom stereocenters. The van der Waals surface area contributed by atoms with E-state index < -0.39 is 0 Å². The van der Waals surface area contributed by atoms with Crippen molar-refractivity contribution >= 4 is 5.69 Å². The summed E-state index contributed by atoms with van der Waals surface area (Å²) in [7, 11) is 0. The normalized spacial score (nSPS) is 10.2. The Hall–Kier alpha value is -1.77. The van der Waals surface area contributed by atoms with E-state index in [1.165, 1.54) is 0 Å². The fourth-order valence-corrected chi connectivity index (χ4v) is 1.16. The Balaban J connectivity index is 2.47. The van der Waals surface area contributed by atoms with Crippen LogP contribution in [-0.2, 0) is 0 Å². The van der Waals surface area contributed by atoms with Crippen LogP contribution in [0.1, 0.15) is 5.69 Å². The van der Waals surface area contributed by atoms with Gasteiger partial charge in [-0.2, -0.15) is 0 Å². The zero-order valence-electron chi connectivity index (χ0n) is 7.32. The lowest BCUT2D eigenvalue weighted by Crippen LogP contribution is -1.86. The molecule has 0 atom stereocenters. The quantitative estimate of drug-likeness (QED) is 0.721. The van der Waals surface area contributed by atoms with Crippen molar-refractivity contribution in [2.75, 3.05) is 5.73 Å². The molecule has 2 heterocycles. The van der Waals surface area contributed by atoms with Crippen LogP contribution in [0.15, 0.2) is 35.1 Å². The molecule has 0 aliphatic heterocycles. The van der Waals surface area contributed by atoms with Gasteiger partial charge < -0.3 is 10.2 Å². The van der Waals surface area contributed by atoms with Crippen LogP contribution in [0.5, 0.6) is 0 Å². The lowest BCUT2D eigenvalue weighted by atomic mass is 10.2. The van der Waals surface area contributed by atoms with Crippen LogP contribution in [0.25, 0.3) is 11.3 Å². The first-order chi connectivity index (χ1) is 6.27. The standard InChI is InChI=1S/C10H10N2O/c1-7-2-3-8(6-12-7)10-9(11)4-5-13-10/h2-6H,11H2,1H3. The van der Waals surface area contributed by atoms with Crippen LogP contribution in [0.2, 0.25) is 0 Å². The van der Waals surface area contributed by atoms with Crippen molar-refractivity contribution in [3.05, 3.63) is 36.4 Å². The number of aryl methyl sites for hydroxylation is 1. The van der Waals surface area contributed by atoms with Crippen LogP contribution in [0.4, 0.5) is 5.69 Å². The van der Waals surface area contributed by atoms with Gasteiger partial charge in [0.15, 0.2) is 5.76 Å². The van der Waals surface area contributed by atoms with Gasteiger partial charge in [0.2, 0.25) is 0 Å². The Labute approximate surface area is 76.2 Å². The van der Waals surface area contributed by atoms with Crippen LogP contribution in [0, 0.1) is 6.92 Å². The monoisotopic (exact) mass is 174 g/mol. The topological polar surface area (TPSA) is 52.0 Å². The minimum atomic E-state index is 0.644. The second kappa shape index (κ2) is 2.94. The zero-order valence-corrected chi connectivity index (χ0v) is 7.32. The van der Waals surface area contributed by atoms with E-state index in [0.29, 0.717) is 11.4 Å². The third-order valence-corrected chi connectivity index (χ3v) is 1.87. The fraction of sp³-hybridized carbons (Fsp3) is 0.100. The number of rotatable bonds is 1. The van der Waals surface area contributed by atoms with Gasteiger partial charge in [0.25, 0.3) is 0 Å². The molecule has 0 saturated heterocycles. The second-order valence-electron chi connectivity index (χ2n) is 2.89. The van der Waals surface area contributed by atoms with E-state index in [1.807, 2.05) is 19.1 Å². The number of hydrogen-bond acceptors (Lipinski definition) is 3. The molecule has 13 heavy (non-hydrogen) atoms. The summed E-state index contributed by atoms with van der Waals surface area (Å²) in [4.78, 5) is 4.16. The van der Waals surface area contributed by atoms with Crippen molar-refractivity contribution in [1.82, 2.24) is 4.98 Å². The van der Waals surface area contributed by atoms with E-state index >= 15 is 0 Å². The van der Waals surface area contributed by atoms with Crippen LogP contribution >= 0.6 is 0 Å². The van der Waals surface area contributed by atoms with Gasteiger partial charge in [-0.25, -0.2) is 0 Å². The molecule has 3 nitrogen and oxygen atoms in total. The SMILES string of the molecule is Cc1ccc(-c2occc2N)cn1. The number of aromatic nitrogens is 1. The molecule has 0 aromatic carbocycles. The smallest absolute Gasteiger partial charge is 0.158 e.